The molecule has 0 spiro atoms. The fourth-order valence-electron chi connectivity index (χ4n) is 0.288. The molecular weight excluding hydrogens is 102 g/mol. The van der Waals surface area contributed by atoms with Gasteiger partial charge >= 0.3 is 0 Å². The zero-order valence-corrected chi connectivity index (χ0v) is 5.47. The molecule has 2 heteroatoms. The largest absolute Gasteiger partial charge is 0.411 e. The first-order chi connectivity index (χ1) is 3.72. The van der Waals surface area contributed by atoms with Gasteiger partial charge in [-0.2, -0.15) is 0 Å². The molecule has 0 saturated heterocycles. The van der Waals surface area contributed by atoms with E-state index in [2.05, 4.69) is 5.16 Å². The Kier molecular flexibility index (Phi) is 2.92. The lowest BCUT2D eigenvalue weighted by Gasteiger charge is -1.91. The number of oxime groups is 1. The molecular formula is C6H11NO. The van der Waals surface area contributed by atoms with Crippen molar-refractivity contribution in [3.63, 3.8) is 0 Å². The Morgan fingerprint density at radius 3 is 2.12 bits per heavy atom. The Balaban J connectivity index is 4.04. The van der Waals surface area contributed by atoms with Crippen molar-refractivity contribution >= 4 is 5.71 Å². The summed E-state index contributed by atoms with van der Waals surface area (Å²) in [5.41, 5.74) is 1.68. The summed E-state index contributed by atoms with van der Waals surface area (Å²) in [6.07, 6.45) is 1.90. The second-order valence-corrected chi connectivity index (χ2v) is 1.66. The molecule has 2 nitrogen and oxygen atoms in total. The standard InChI is InChI=1S/C6H11NO/c1-4-5(2)6(3)7-8/h4,8H,1-3H3/b5-4-,7-6+. The van der Waals surface area contributed by atoms with E-state index in [4.69, 9.17) is 5.21 Å². The first kappa shape index (κ1) is 7.21. The SMILES string of the molecule is C/C=C(C)\C(C)=N\O. The van der Waals surface area contributed by atoms with Gasteiger partial charge in [-0.15, -0.1) is 0 Å². The van der Waals surface area contributed by atoms with Crippen molar-refractivity contribution in [2.24, 2.45) is 5.16 Å². The van der Waals surface area contributed by atoms with Crippen molar-refractivity contribution in [2.45, 2.75) is 20.8 Å². The quantitative estimate of drug-likeness (QED) is 0.314. The number of hydrogen-bond donors (Lipinski definition) is 1. The maximum atomic E-state index is 8.18. The van der Waals surface area contributed by atoms with Gasteiger partial charge in [0.05, 0.1) is 5.71 Å². The maximum absolute atomic E-state index is 8.18. The van der Waals surface area contributed by atoms with Crippen molar-refractivity contribution in [1.82, 2.24) is 0 Å². The van der Waals surface area contributed by atoms with E-state index in [0.717, 1.165) is 5.57 Å². The highest BCUT2D eigenvalue weighted by Gasteiger charge is 1.89. The summed E-state index contributed by atoms with van der Waals surface area (Å²) in [6, 6.07) is 0. The molecule has 0 bridgehead atoms. The van der Waals surface area contributed by atoms with Gasteiger partial charge in [-0.05, 0) is 26.3 Å². The van der Waals surface area contributed by atoms with Crippen LogP contribution >= 0.6 is 0 Å². The molecule has 0 aromatic rings. The zero-order chi connectivity index (χ0) is 6.57. The minimum Gasteiger partial charge on any atom is -0.411 e. The van der Waals surface area contributed by atoms with Gasteiger partial charge in [0.1, 0.15) is 0 Å². The van der Waals surface area contributed by atoms with E-state index in [-0.39, 0.29) is 0 Å². The molecule has 0 radical (unpaired) electrons. The van der Waals surface area contributed by atoms with Gasteiger partial charge in [0.25, 0.3) is 0 Å². The second-order valence-electron chi connectivity index (χ2n) is 1.66. The molecule has 0 heterocycles. The van der Waals surface area contributed by atoms with Gasteiger partial charge in [0, 0.05) is 0 Å². The van der Waals surface area contributed by atoms with Crippen LogP contribution in [0, 0.1) is 0 Å². The number of rotatable bonds is 1. The summed E-state index contributed by atoms with van der Waals surface area (Å²) in [4.78, 5) is 0. The topological polar surface area (TPSA) is 32.6 Å². The monoisotopic (exact) mass is 113 g/mol. The third-order valence-electron chi connectivity index (χ3n) is 1.15. The maximum Gasteiger partial charge on any atom is 0.0790 e. The first-order valence-corrected chi connectivity index (χ1v) is 2.54. The van der Waals surface area contributed by atoms with E-state index < -0.39 is 0 Å². The van der Waals surface area contributed by atoms with Crippen molar-refractivity contribution in [3.05, 3.63) is 11.6 Å². The fraction of sp³-hybridized carbons (Fsp3) is 0.500. The van der Waals surface area contributed by atoms with E-state index in [9.17, 15) is 0 Å². The van der Waals surface area contributed by atoms with Gasteiger partial charge in [0.15, 0.2) is 0 Å². The van der Waals surface area contributed by atoms with Gasteiger partial charge in [0.2, 0.25) is 0 Å². The molecule has 0 fully saturated rings. The number of hydrogen-bond acceptors (Lipinski definition) is 2. The van der Waals surface area contributed by atoms with Gasteiger partial charge < -0.3 is 5.21 Å². The Morgan fingerprint density at radius 1 is 1.50 bits per heavy atom. The van der Waals surface area contributed by atoms with Crippen LogP contribution in [0.15, 0.2) is 16.8 Å². The fourth-order valence-corrected chi connectivity index (χ4v) is 0.288. The Bertz CT molecular complexity index is 108. The minimum atomic E-state index is 0.674. The highest BCUT2D eigenvalue weighted by molar-refractivity contribution is 5.97. The summed E-state index contributed by atoms with van der Waals surface area (Å²) < 4.78 is 0. The number of nitrogens with zero attached hydrogens (tertiary/aromatic N) is 1. The Hall–Kier alpha value is -0.790. The first-order valence-electron chi connectivity index (χ1n) is 2.54. The Labute approximate surface area is 49.5 Å². The van der Waals surface area contributed by atoms with Crippen LogP contribution in [0.4, 0.5) is 0 Å². The second kappa shape index (κ2) is 3.24. The molecule has 0 atom stereocenters. The van der Waals surface area contributed by atoms with Crippen molar-refractivity contribution in [1.29, 1.82) is 0 Å². The van der Waals surface area contributed by atoms with Crippen LogP contribution in [0.1, 0.15) is 20.8 Å². The molecule has 0 aliphatic heterocycles. The molecule has 1 N–H and O–H groups in total. The lowest BCUT2D eigenvalue weighted by Crippen LogP contribution is -1.90. The van der Waals surface area contributed by atoms with E-state index >= 15 is 0 Å². The Morgan fingerprint density at radius 2 is 2.00 bits per heavy atom. The predicted molar refractivity (Wildman–Crippen MR) is 34.3 cm³/mol. The van der Waals surface area contributed by atoms with E-state index in [1.807, 2.05) is 19.9 Å². The highest BCUT2D eigenvalue weighted by atomic mass is 16.4. The summed E-state index contributed by atoms with van der Waals surface area (Å²) in [6.45, 7) is 5.56. The smallest absolute Gasteiger partial charge is 0.0790 e. The summed E-state index contributed by atoms with van der Waals surface area (Å²) in [5, 5.41) is 11.2. The predicted octanol–water partition coefficient (Wildman–Crippen LogP) is 1.80. The van der Waals surface area contributed by atoms with Crippen LogP contribution in [0.5, 0.6) is 0 Å². The van der Waals surface area contributed by atoms with Crippen molar-refractivity contribution in [2.75, 3.05) is 0 Å². The molecule has 46 valence electrons. The lowest BCUT2D eigenvalue weighted by atomic mass is 10.2. The van der Waals surface area contributed by atoms with E-state index in [1.165, 1.54) is 0 Å². The average molecular weight is 113 g/mol. The van der Waals surface area contributed by atoms with Crippen LogP contribution in [0.25, 0.3) is 0 Å². The summed E-state index contributed by atoms with van der Waals surface area (Å²) in [7, 11) is 0. The van der Waals surface area contributed by atoms with Crippen LogP contribution in [0.3, 0.4) is 0 Å². The molecule has 0 aromatic heterocycles. The van der Waals surface area contributed by atoms with Crippen molar-refractivity contribution < 1.29 is 5.21 Å². The molecule has 0 amide bonds. The third kappa shape index (κ3) is 1.78. The summed E-state index contributed by atoms with van der Waals surface area (Å²) >= 11 is 0. The summed E-state index contributed by atoms with van der Waals surface area (Å²) in [5.74, 6) is 0. The molecule has 0 rings (SSSR count). The third-order valence-corrected chi connectivity index (χ3v) is 1.15. The molecule has 0 unspecified atom stereocenters. The van der Waals surface area contributed by atoms with Crippen LogP contribution in [-0.2, 0) is 0 Å². The van der Waals surface area contributed by atoms with Gasteiger partial charge in [-0.1, -0.05) is 11.2 Å². The highest BCUT2D eigenvalue weighted by Crippen LogP contribution is 1.93. The molecule has 0 aliphatic rings. The molecule has 0 saturated carbocycles. The van der Waals surface area contributed by atoms with E-state index in [1.54, 1.807) is 6.92 Å². The van der Waals surface area contributed by atoms with Gasteiger partial charge in [-0.25, -0.2) is 0 Å². The zero-order valence-electron chi connectivity index (χ0n) is 5.47. The average Bonchev–Trinajstić information content (AvgIpc) is 1.84. The van der Waals surface area contributed by atoms with E-state index in [0.29, 0.717) is 5.71 Å². The van der Waals surface area contributed by atoms with Crippen LogP contribution < -0.4 is 0 Å². The van der Waals surface area contributed by atoms with Crippen molar-refractivity contribution in [3.8, 4) is 0 Å². The molecule has 0 aliphatic carbocycles. The molecule has 0 aromatic carbocycles. The van der Waals surface area contributed by atoms with Crippen LogP contribution in [0.2, 0.25) is 0 Å². The minimum absolute atomic E-state index is 0.674. The molecule has 8 heavy (non-hydrogen) atoms. The number of allylic oxidation sites excluding steroid dienone is 2. The van der Waals surface area contributed by atoms with Crippen LogP contribution in [-0.4, -0.2) is 10.9 Å². The lowest BCUT2D eigenvalue weighted by molar-refractivity contribution is 0.319. The normalized spacial score (nSPS) is 14.4. The van der Waals surface area contributed by atoms with Gasteiger partial charge in [-0.3, -0.25) is 0 Å².